The van der Waals surface area contributed by atoms with Crippen molar-refractivity contribution in [3.8, 4) is 0 Å². The number of nitrogens with zero attached hydrogens (tertiary/aromatic N) is 1. The van der Waals surface area contributed by atoms with Crippen molar-refractivity contribution in [1.29, 1.82) is 0 Å². The van der Waals surface area contributed by atoms with Gasteiger partial charge in [0.05, 0.1) is 12.7 Å². The van der Waals surface area contributed by atoms with Gasteiger partial charge >= 0.3 is 5.69 Å². The standard InChI is InChI=1S/C25H36N2O7S/c1-13(2)17-8-18(14(3)4)23(19(9-17)15(5)6)35(31,32)33-12-21-20(28)10-22(34-21)27-11-16(7)24(29)26-25(27)30/h8-9,11,13-15,20-22,28H,10,12H2,1-7H3,(H,26,29,30)/t20-,21-,22-/m1/s1. The summed E-state index contributed by atoms with van der Waals surface area (Å²) in [7, 11) is -4.17. The molecular formula is C25H36N2O7S. The summed E-state index contributed by atoms with van der Waals surface area (Å²) < 4.78 is 39.3. The molecule has 2 aromatic rings. The van der Waals surface area contributed by atoms with Crippen LogP contribution in [0.15, 0.2) is 32.8 Å². The third-order valence-corrected chi connectivity index (χ3v) is 7.79. The SMILES string of the molecule is Cc1cn([C@H]2C[C@@H](O)[C@@H](COS(=O)(=O)c3c(C(C)C)cc(C(C)C)cc3C(C)C)O2)c(=O)[nH]c1=O. The summed E-state index contributed by atoms with van der Waals surface area (Å²) in [6.07, 6.45) is -1.46. The number of H-pyrrole nitrogens is 1. The van der Waals surface area contributed by atoms with Crippen molar-refractivity contribution in [1.82, 2.24) is 9.55 Å². The van der Waals surface area contributed by atoms with Gasteiger partial charge in [0.15, 0.2) is 0 Å². The van der Waals surface area contributed by atoms with E-state index in [9.17, 15) is 23.1 Å². The molecule has 194 valence electrons. The Balaban J connectivity index is 1.88. The minimum atomic E-state index is -4.17. The molecule has 0 unspecified atom stereocenters. The maximum atomic E-state index is 13.5. The number of ether oxygens (including phenoxy) is 1. The van der Waals surface area contributed by atoms with Crippen LogP contribution in [-0.4, -0.2) is 41.9 Å². The molecule has 2 N–H and O–H groups in total. The maximum Gasteiger partial charge on any atom is 0.330 e. The predicted octanol–water partition coefficient (Wildman–Crippen LogP) is 3.27. The quantitative estimate of drug-likeness (QED) is 0.524. The van der Waals surface area contributed by atoms with Crippen LogP contribution in [0.25, 0.3) is 0 Å². The van der Waals surface area contributed by atoms with Gasteiger partial charge in [0.1, 0.15) is 17.2 Å². The summed E-state index contributed by atoms with van der Waals surface area (Å²) >= 11 is 0. The van der Waals surface area contributed by atoms with Crippen LogP contribution >= 0.6 is 0 Å². The summed E-state index contributed by atoms with van der Waals surface area (Å²) in [6, 6.07) is 3.86. The summed E-state index contributed by atoms with van der Waals surface area (Å²) in [6.45, 7) is 13.1. The Morgan fingerprint density at radius 2 is 1.66 bits per heavy atom. The van der Waals surface area contributed by atoms with E-state index in [4.69, 9.17) is 8.92 Å². The molecule has 3 rings (SSSR count). The van der Waals surface area contributed by atoms with Gasteiger partial charge in [-0.05, 0) is 41.4 Å². The van der Waals surface area contributed by atoms with E-state index in [-0.39, 0.29) is 29.1 Å². The number of aromatic nitrogens is 2. The van der Waals surface area contributed by atoms with Crippen LogP contribution in [-0.2, 0) is 19.0 Å². The number of nitrogens with one attached hydrogen (secondary N) is 1. The topological polar surface area (TPSA) is 128 Å². The summed E-state index contributed by atoms with van der Waals surface area (Å²) in [5.74, 6) is 0.141. The van der Waals surface area contributed by atoms with Crippen molar-refractivity contribution in [3.05, 3.63) is 61.4 Å². The number of aromatic amines is 1. The fourth-order valence-electron chi connectivity index (χ4n) is 4.23. The van der Waals surface area contributed by atoms with E-state index in [0.29, 0.717) is 16.7 Å². The first-order valence-electron chi connectivity index (χ1n) is 12.0. The highest BCUT2D eigenvalue weighted by Gasteiger charge is 2.38. The number of hydrogen-bond donors (Lipinski definition) is 2. The van der Waals surface area contributed by atoms with Gasteiger partial charge in [-0.25, -0.2) is 4.79 Å². The molecule has 1 aromatic carbocycles. The first-order valence-corrected chi connectivity index (χ1v) is 13.4. The number of hydrogen-bond acceptors (Lipinski definition) is 7. The second-order valence-electron chi connectivity index (χ2n) is 10.1. The zero-order chi connectivity index (χ0) is 26.2. The van der Waals surface area contributed by atoms with Gasteiger partial charge in [0, 0.05) is 18.2 Å². The maximum absolute atomic E-state index is 13.5. The fourth-order valence-corrected chi connectivity index (χ4v) is 5.83. The van der Waals surface area contributed by atoms with Crippen molar-refractivity contribution in [2.45, 2.75) is 96.0 Å². The van der Waals surface area contributed by atoms with Crippen LogP contribution in [0.5, 0.6) is 0 Å². The van der Waals surface area contributed by atoms with Gasteiger partial charge in [-0.2, -0.15) is 8.42 Å². The highest BCUT2D eigenvalue weighted by atomic mass is 32.2. The largest absolute Gasteiger partial charge is 0.390 e. The lowest BCUT2D eigenvalue weighted by Gasteiger charge is -2.23. The van der Waals surface area contributed by atoms with Gasteiger partial charge in [-0.3, -0.25) is 18.5 Å². The Hall–Kier alpha value is -2.27. The summed E-state index contributed by atoms with van der Waals surface area (Å²) in [4.78, 5) is 26.2. The number of rotatable bonds is 8. The Bertz CT molecular complexity index is 1260. The Morgan fingerprint density at radius 1 is 1.09 bits per heavy atom. The first kappa shape index (κ1) is 27.3. The van der Waals surface area contributed by atoms with Crippen LogP contribution in [0.3, 0.4) is 0 Å². The molecule has 9 nitrogen and oxygen atoms in total. The van der Waals surface area contributed by atoms with E-state index in [1.807, 2.05) is 39.8 Å². The van der Waals surface area contributed by atoms with Gasteiger partial charge < -0.3 is 9.84 Å². The Morgan fingerprint density at radius 3 is 2.17 bits per heavy atom. The average molecular weight is 509 g/mol. The molecule has 2 heterocycles. The van der Waals surface area contributed by atoms with Crippen LogP contribution in [0, 0.1) is 6.92 Å². The molecule has 1 aliphatic rings. The molecule has 35 heavy (non-hydrogen) atoms. The Kier molecular flexibility index (Phi) is 8.10. The van der Waals surface area contributed by atoms with Crippen molar-refractivity contribution in [2.24, 2.45) is 0 Å². The molecule has 1 aliphatic heterocycles. The highest BCUT2D eigenvalue weighted by Crippen LogP contribution is 2.36. The highest BCUT2D eigenvalue weighted by molar-refractivity contribution is 7.86. The predicted molar refractivity (Wildman–Crippen MR) is 132 cm³/mol. The lowest BCUT2D eigenvalue weighted by atomic mass is 9.89. The molecule has 1 fully saturated rings. The molecule has 0 spiro atoms. The molecule has 10 heteroatoms. The molecule has 3 atom stereocenters. The molecule has 0 radical (unpaired) electrons. The minimum absolute atomic E-state index is 0.0485. The average Bonchev–Trinajstić information content (AvgIpc) is 3.13. The zero-order valence-electron chi connectivity index (χ0n) is 21.4. The van der Waals surface area contributed by atoms with E-state index >= 15 is 0 Å². The molecule has 0 saturated carbocycles. The van der Waals surface area contributed by atoms with E-state index in [2.05, 4.69) is 18.8 Å². The van der Waals surface area contributed by atoms with Crippen LogP contribution in [0.4, 0.5) is 0 Å². The van der Waals surface area contributed by atoms with E-state index in [1.165, 1.54) is 10.8 Å². The Labute approximate surface area is 206 Å². The van der Waals surface area contributed by atoms with E-state index in [0.717, 1.165) is 5.56 Å². The molecule has 0 aliphatic carbocycles. The van der Waals surface area contributed by atoms with Crippen molar-refractivity contribution in [2.75, 3.05) is 6.61 Å². The monoisotopic (exact) mass is 508 g/mol. The fraction of sp³-hybridized carbons (Fsp3) is 0.600. The second kappa shape index (κ2) is 10.4. The molecule has 1 saturated heterocycles. The van der Waals surface area contributed by atoms with Crippen molar-refractivity contribution >= 4 is 10.1 Å². The summed E-state index contributed by atoms with van der Waals surface area (Å²) in [5.41, 5.74) is 1.61. The first-order chi connectivity index (χ1) is 16.2. The van der Waals surface area contributed by atoms with Crippen LogP contribution in [0.1, 0.15) is 94.2 Å². The second-order valence-corrected chi connectivity index (χ2v) is 11.7. The lowest BCUT2D eigenvalue weighted by molar-refractivity contribution is -0.0400. The van der Waals surface area contributed by atoms with Crippen molar-refractivity contribution < 1.29 is 22.4 Å². The van der Waals surface area contributed by atoms with Crippen LogP contribution < -0.4 is 11.2 Å². The molecular weight excluding hydrogens is 472 g/mol. The van der Waals surface area contributed by atoms with Gasteiger partial charge in [-0.1, -0.05) is 53.7 Å². The summed E-state index contributed by atoms with van der Waals surface area (Å²) in [5, 5.41) is 10.5. The number of aryl methyl sites for hydroxylation is 1. The van der Waals surface area contributed by atoms with E-state index in [1.54, 1.807) is 6.92 Å². The zero-order valence-corrected chi connectivity index (χ0v) is 22.2. The number of aliphatic hydroxyl groups is 1. The third-order valence-electron chi connectivity index (χ3n) is 6.38. The smallest absolute Gasteiger partial charge is 0.330 e. The van der Waals surface area contributed by atoms with Gasteiger partial charge in [0.25, 0.3) is 15.7 Å². The van der Waals surface area contributed by atoms with Crippen molar-refractivity contribution in [3.63, 3.8) is 0 Å². The minimum Gasteiger partial charge on any atom is -0.390 e. The van der Waals surface area contributed by atoms with Gasteiger partial charge in [0.2, 0.25) is 0 Å². The number of benzene rings is 1. The number of aliphatic hydroxyl groups excluding tert-OH is 1. The van der Waals surface area contributed by atoms with Crippen LogP contribution in [0.2, 0.25) is 0 Å². The molecule has 1 aromatic heterocycles. The molecule has 0 bridgehead atoms. The third kappa shape index (κ3) is 5.77. The van der Waals surface area contributed by atoms with Gasteiger partial charge in [-0.15, -0.1) is 0 Å². The molecule has 0 amide bonds. The lowest BCUT2D eigenvalue weighted by Crippen LogP contribution is -2.33. The van der Waals surface area contributed by atoms with E-state index < -0.39 is 46.4 Å². The normalized spacial score (nSPS) is 20.9.